The Balaban J connectivity index is 1.68. The highest BCUT2D eigenvalue weighted by molar-refractivity contribution is 9.10. The summed E-state index contributed by atoms with van der Waals surface area (Å²) in [6, 6.07) is 19.8. The normalized spacial score (nSPS) is 14.3. The summed E-state index contributed by atoms with van der Waals surface area (Å²) in [6.45, 7) is 3.22. The number of rotatable bonds is 11. The van der Waals surface area contributed by atoms with Gasteiger partial charge in [-0.25, -0.2) is 8.42 Å². The lowest BCUT2D eigenvalue weighted by molar-refractivity contribution is -0.139. The summed E-state index contributed by atoms with van der Waals surface area (Å²) in [6.07, 6.45) is 3.96. The van der Waals surface area contributed by atoms with Crippen LogP contribution >= 0.6 is 15.9 Å². The van der Waals surface area contributed by atoms with Crippen LogP contribution in [0.15, 0.2) is 82.2 Å². The number of hydrogen-bond acceptors (Lipinski definition) is 5. The molecule has 10 heteroatoms. The van der Waals surface area contributed by atoms with Crippen LogP contribution in [0.4, 0.5) is 5.69 Å². The Bertz CT molecular complexity index is 1440. The Kier molecular flexibility index (Phi) is 10.1. The van der Waals surface area contributed by atoms with Crippen LogP contribution in [-0.2, 0) is 26.2 Å². The van der Waals surface area contributed by atoms with Gasteiger partial charge in [0.05, 0.1) is 17.7 Å². The van der Waals surface area contributed by atoms with Crippen LogP contribution in [0.1, 0.15) is 43.7 Å². The number of nitrogens with one attached hydrogen (secondary N) is 1. The van der Waals surface area contributed by atoms with E-state index in [0.717, 1.165) is 45.6 Å². The molecule has 0 unspecified atom stereocenters. The van der Waals surface area contributed by atoms with Crippen molar-refractivity contribution in [1.82, 2.24) is 10.2 Å². The van der Waals surface area contributed by atoms with Crippen molar-refractivity contribution in [3.05, 3.63) is 88.4 Å². The van der Waals surface area contributed by atoms with Crippen LogP contribution in [-0.4, -0.2) is 50.9 Å². The number of hydrogen-bond donors (Lipinski definition) is 1. The first kappa shape index (κ1) is 30.6. The van der Waals surface area contributed by atoms with E-state index in [2.05, 4.69) is 21.2 Å². The molecule has 3 aromatic carbocycles. The highest BCUT2D eigenvalue weighted by Crippen LogP contribution is 2.27. The fourth-order valence-corrected chi connectivity index (χ4v) is 6.55. The molecule has 0 heterocycles. The molecule has 1 atom stereocenters. The monoisotopic (exact) mass is 641 g/mol. The molecule has 1 aliphatic rings. The molecular formula is C31H36BrN3O5S. The minimum Gasteiger partial charge on any atom is -0.497 e. The van der Waals surface area contributed by atoms with Gasteiger partial charge < -0.3 is 15.0 Å². The number of ether oxygens (including phenoxy) is 1. The highest BCUT2D eigenvalue weighted by Gasteiger charge is 2.33. The second kappa shape index (κ2) is 13.5. The lowest BCUT2D eigenvalue weighted by Crippen LogP contribution is -2.52. The fourth-order valence-electron chi connectivity index (χ4n) is 4.88. The van der Waals surface area contributed by atoms with Crippen molar-refractivity contribution in [3.8, 4) is 5.75 Å². The van der Waals surface area contributed by atoms with E-state index < -0.39 is 28.5 Å². The Morgan fingerprint density at radius 1 is 0.976 bits per heavy atom. The quantitative estimate of drug-likeness (QED) is 0.301. The van der Waals surface area contributed by atoms with Crippen molar-refractivity contribution >= 4 is 43.5 Å². The molecule has 0 aliphatic heterocycles. The molecule has 1 fully saturated rings. The van der Waals surface area contributed by atoms with Gasteiger partial charge in [-0.2, -0.15) is 0 Å². The molecule has 218 valence electrons. The van der Waals surface area contributed by atoms with Gasteiger partial charge >= 0.3 is 0 Å². The van der Waals surface area contributed by atoms with E-state index in [4.69, 9.17) is 4.74 Å². The maximum absolute atomic E-state index is 14.0. The van der Waals surface area contributed by atoms with Crippen LogP contribution in [0.5, 0.6) is 5.75 Å². The second-order valence-corrected chi connectivity index (χ2v) is 13.1. The molecule has 0 spiro atoms. The number of anilines is 1. The molecule has 1 saturated carbocycles. The third-order valence-corrected chi connectivity index (χ3v) is 9.70. The molecule has 2 amide bonds. The zero-order valence-corrected chi connectivity index (χ0v) is 25.9. The Hall–Kier alpha value is -3.37. The van der Waals surface area contributed by atoms with E-state index in [9.17, 15) is 18.0 Å². The smallest absolute Gasteiger partial charge is 0.264 e. The van der Waals surface area contributed by atoms with Crippen LogP contribution in [0.3, 0.4) is 0 Å². The summed E-state index contributed by atoms with van der Waals surface area (Å²) in [4.78, 5) is 28.9. The standard InChI is InChI=1S/C31H36BrN3O5S/c1-22-8-18-29(19-9-22)41(38,39)35(27-14-16-28(40-3)17-15-27)21-30(36)34(20-24-10-12-25(32)13-11-24)23(2)31(37)33-26-6-4-5-7-26/h8-19,23,26H,4-7,20-21H2,1-3H3,(H,33,37)/t23-/m1/s1. The van der Waals surface area contributed by atoms with E-state index in [0.29, 0.717) is 11.4 Å². The third kappa shape index (κ3) is 7.68. The van der Waals surface area contributed by atoms with Gasteiger partial charge in [-0.3, -0.25) is 13.9 Å². The van der Waals surface area contributed by atoms with E-state index in [1.165, 1.54) is 24.1 Å². The van der Waals surface area contributed by atoms with E-state index in [1.54, 1.807) is 43.3 Å². The first-order chi connectivity index (χ1) is 19.6. The average molecular weight is 643 g/mol. The minimum atomic E-state index is -4.12. The van der Waals surface area contributed by atoms with Crippen molar-refractivity contribution in [2.45, 2.75) is 63.1 Å². The average Bonchev–Trinajstić information content (AvgIpc) is 3.48. The summed E-state index contributed by atoms with van der Waals surface area (Å²) in [5.74, 6) is -0.185. The largest absolute Gasteiger partial charge is 0.497 e. The summed E-state index contributed by atoms with van der Waals surface area (Å²) in [5, 5.41) is 3.08. The number of aryl methyl sites for hydroxylation is 1. The molecule has 4 rings (SSSR count). The number of carbonyl (C=O) groups excluding carboxylic acids is 2. The van der Waals surface area contributed by atoms with Crippen LogP contribution in [0, 0.1) is 6.92 Å². The molecule has 0 radical (unpaired) electrons. The van der Waals surface area contributed by atoms with Gasteiger partial charge in [-0.05, 0) is 80.8 Å². The van der Waals surface area contributed by atoms with Crippen molar-refractivity contribution < 1.29 is 22.7 Å². The number of amides is 2. The number of nitrogens with zero attached hydrogens (tertiary/aromatic N) is 2. The molecule has 1 aliphatic carbocycles. The van der Waals surface area contributed by atoms with Crippen LogP contribution in [0.2, 0.25) is 0 Å². The minimum absolute atomic E-state index is 0.0678. The summed E-state index contributed by atoms with van der Waals surface area (Å²) in [7, 11) is -2.60. The van der Waals surface area contributed by atoms with Gasteiger partial charge in [-0.1, -0.05) is 58.6 Å². The molecule has 8 nitrogen and oxygen atoms in total. The number of sulfonamides is 1. The number of methoxy groups -OCH3 is 1. The molecule has 41 heavy (non-hydrogen) atoms. The van der Waals surface area contributed by atoms with Crippen molar-refractivity contribution in [1.29, 1.82) is 0 Å². The van der Waals surface area contributed by atoms with Crippen molar-refractivity contribution in [2.24, 2.45) is 0 Å². The summed E-state index contributed by atoms with van der Waals surface area (Å²) in [5.41, 5.74) is 2.05. The van der Waals surface area contributed by atoms with E-state index in [-0.39, 0.29) is 23.4 Å². The Morgan fingerprint density at radius 2 is 1.59 bits per heavy atom. The van der Waals surface area contributed by atoms with Crippen molar-refractivity contribution in [2.75, 3.05) is 18.0 Å². The van der Waals surface area contributed by atoms with Gasteiger partial charge in [0.25, 0.3) is 10.0 Å². The molecule has 3 aromatic rings. The molecule has 0 saturated heterocycles. The lowest BCUT2D eigenvalue weighted by Gasteiger charge is -2.32. The van der Waals surface area contributed by atoms with Gasteiger partial charge in [0.1, 0.15) is 18.3 Å². The number of benzene rings is 3. The lowest BCUT2D eigenvalue weighted by atomic mass is 10.1. The van der Waals surface area contributed by atoms with E-state index >= 15 is 0 Å². The molecular weight excluding hydrogens is 606 g/mol. The highest BCUT2D eigenvalue weighted by atomic mass is 79.9. The van der Waals surface area contributed by atoms with Gasteiger partial charge in [-0.15, -0.1) is 0 Å². The van der Waals surface area contributed by atoms with E-state index in [1.807, 2.05) is 31.2 Å². The first-order valence-electron chi connectivity index (χ1n) is 13.7. The molecule has 0 bridgehead atoms. The van der Waals surface area contributed by atoms with Gasteiger partial charge in [0.15, 0.2) is 0 Å². The summed E-state index contributed by atoms with van der Waals surface area (Å²) >= 11 is 3.43. The Morgan fingerprint density at radius 3 is 2.17 bits per heavy atom. The topological polar surface area (TPSA) is 96.0 Å². The maximum atomic E-state index is 14.0. The SMILES string of the molecule is COc1ccc(N(CC(=O)N(Cc2ccc(Br)cc2)[C@H](C)C(=O)NC2CCCC2)S(=O)(=O)c2ccc(C)cc2)cc1. The Labute approximate surface area is 250 Å². The zero-order chi connectivity index (χ0) is 29.6. The number of carbonyl (C=O) groups is 2. The first-order valence-corrected chi connectivity index (χ1v) is 15.9. The third-order valence-electron chi connectivity index (χ3n) is 7.38. The number of halogens is 1. The van der Waals surface area contributed by atoms with Crippen LogP contribution in [0.25, 0.3) is 0 Å². The molecule has 1 N–H and O–H groups in total. The predicted octanol–water partition coefficient (Wildman–Crippen LogP) is 5.44. The van der Waals surface area contributed by atoms with Gasteiger partial charge in [0, 0.05) is 17.1 Å². The molecule has 0 aromatic heterocycles. The fraction of sp³-hybridized carbons (Fsp3) is 0.355. The maximum Gasteiger partial charge on any atom is 0.264 e. The van der Waals surface area contributed by atoms with Gasteiger partial charge in [0.2, 0.25) is 11.8 Å². The summed E-state index contributed by atoms with van der Waals surface area (Å²) < 4.78 is 35.1. The second-order valence-electron chi connectivity index (χ2n) is 10.3. The zero-order valence-electron chi connectivity index (χ0n) is 23.5. The van der Waals surface area contributed by atoms with Crippen LogP contribution < -0.4 is 14.4 Å². The predicted molar refractivity (Wildman–Crippen MR) is 163 cm³/mol. The van der Waals surface area contributed by atoms with Crippen molar-refractivity contribution in [3.63, 3.8) is 0 Å².